The highest BCUT2D eigenvalue weighted by molar-refractivity contribution is 5.69. The summed E-state index contributed by atoms with van der Waals surface area (Å²) in [5.74, 6) is 0.801. The van der Waals surface area contributed by atoms with E-state index in [9.17, 15) is 4.79 Å². The number of carbonyl (C=O) groups is 1. The minimum absolute atomic E-state index is 0.0850. The Labute approximate surface area is 93.4 Å². The fourth-order valence-corrected chi connectivity index (χ4v) is 1.37. The Morgan fingerprint density at radius 2 is 1.93 bits per heavy atom. The summed E-state index contributed by atoms with van der Waals surface area (Å²) in [6, 6.07) is 0. The Balaban J connectivity index is 3.48. The van der Waals surface area contributed by atoms with Crippen LogP contribution >= 0.6 is 0 Å². The van der Waals surface area contributed by atoms with Crippen LogP contribution in [0.25, 0.3) is 0 Å². The minimum atomic E-state index is -0.0850. The van der Waals surface area contributed by atoms with Gasteiger partial charge in [-0.15, -0.1) is 0 Å². The second kappa shape index (κ2) is 8.72. The highest BCUT2D eigenvalue weighted by atomic mass is 16.5. The SMILES string of the molecule is CCCC(C)COC(=O)CCC(C)CN. The smallest absolute Gasteiger partial charge is 0.305 e. The molecule has 2 unspecified atom stereocenters. The van der Waals surface area contributed by atoms with Gasteiger partial charge in [0.15, 0.2) is 0 Å². The molecule has 0 saturated carbocycles. The number of carbonyl (C=O) groups excluding carboxylic acids is 1. The highest BCUT2D eigenvalue weighted by Gasteiger charge is 2.08. The third kappa shape index (κ3) is 8.43. The van der Waals surface area contributed by atoms with Gasteiger partial charge in [-0.2, -0.15) is 0 Å². The molecule has 2 atom stereocenters. The zero-order valence-electron chi connectivity index (χ0n) is 10.3. The zero-order chi connectivity index (χ0) is 11.7. The molecule has 0 bridgehead atoms. The van der Waals surface area contributed by atoms with Crippen molar-refractivity contribution in [2.24, 2.45) is 17.6 Å². The fraction of sp³-hybridized carbons (Fsp3) is 0.917. The molecule has 0 fully saturated rings. The molecule has 0 aliphatic rings. The highest BCUT2D eigenvalue weighted by Crippen LogP contribution is 2.08. The predicted molar refractivity (Wildman–Crippen MR) is 62.5 cm³/mol. The molecule has 0 saturated heterocycles. The van der Waals surface area contributed by atoms with Crippen molar-refractivity contribution in [3.05, 3.63) is 0 Å². The summed E-state index contributed by atoms with van der Waals surface area (Å²) in [7, 11) is 0. The molecule has 0 aromatic carbocycles. The van der Waals surface area contributed by atoms with Gasteiger partial charge in [-0.25, -0.2) is 0 Å². The summed E-state index contributed by atoms with van der Waals surface area (Å²) in [6.45, 7) is 7.50. The van der Waals surface area contributed by atoms with E-state index in [0.717, 1.165) is 19.3 Å². The van der Waals surface area contributed by atoms with Gasteiger partial charge in [0.25, 0.3) is 0 Å². The first kappa shape index (κ1) is 14.4. The first-order valence-corrected chi connectivity index (χ1v) is 5.95. The first-order chi connectivity index (χ1) is 7.10. The lowest BCUT2D eigenvalue weighted by Gasteiger charge is -2.11. The molecule has 3 heteroatoms. The summed E-state index contributed by atoms with van der Waals surface area (Å²) < 4.78 is 5.17. The summed E-state index contributed by atoms with van der Waals surface area (Å²) in [5.41, 5.74) is 5.47. The van der Waals surface area contributed by atoms with E-state index in [4.69, 9.17) is 10.5 Å². The van der Waals surface area contributed by atoms with Gasteiger partial charge in [-0.1, -0.05) is 27.2 Å². The van der Waals surface area contributed by atoms with Crippen LogP contribution in [-0.4, -0.2) is 19.1 Å². The average Bonchev–Trinajstić information content (AvgIpc) is 2.23. The van der Waals surface area contributed by atoms with Gasteiger partial charge >= 0.3 is 5.97 Å². The van der Waals surface area contributed by atoms with Gasteiger partial charge in [0.1, 0.15) is 0 Å². The lowest BCUT2D eigenvalue weighted by molar-refractivity contribution is -0.145. The van der Waals surface area contributed by atoms with Gasteiger partial charge in [-0.05, 0) is 31.2 Å². The van der Waals surface area contributed by atoms with Crippen molar-refractivity contribution in [2.45, 2.75) is 46.5 Å². The van der Waals surface area contributed by atoms with Gasteiger partial charge in [-0.3, -0.25) is 4.79 Å². The molecule has 0 aromatic rings. The molecule has 0 radical (unpaired) electrons. The molecular weight excluding hydrogens is 190 g/mol. The van der Waals surface area contributed by atoms with E-state index in [1.165, 1.54) is 0 Å². The Bertz CT molecular complexity index is 171. The molecule has 0 rings (SSSR count). The Morgan fingerprint density at radius 1 is 1.27 bits per heavy atom. The molecule has 0 aliphatic heterocycles. The van der Waals surface area contributed by atoms with Crippen LogP contribution in [0.15, 0.2) is 0 Å². The van der Waals surface area contributed by atoms with E-state index in [2.05, 4.69) is 13.8 Å². The summed E-state index contributed by atoms with van der Waals surface area (Å²) in [4.78, 5) is 11.3. The second-order valence-electron chi connectivity index (χ2n) is 4.46. The largest absolute Gasteiger partial charge is 0.465 e. The number of rotatable bonds is 8. The summed E-state index contributed by atoms with van der Waals surface area (Å²) >= 11 is 0. The Hall–Kier alpha value is -0.570. The maximum atomic E-state index is 11.3. The molecule has 0 spiro atoms. The quantitative estimate of drug-likeness (QED) is 0.632. The Morgan fingerprint density at radius 3 is 2.47 bits per heavy atom. The molecule has 0 aliphatic carbocycles. The molecule has 2 N–H and O–H groups in total. The van der Waals surface area contributed by atoms with E-state index in [1.807, 2.05) is 6.92 Å². The lowest BCUT2D eigenvalue weighted by atomic mass is 10.1. The normalized spacial score (nSPS) is 14.7. The van der Waals surface area contributed by atoms with E-state index in [0.29, 0.717) is 31.4 Å². The van der Waals surface area contributed by atoms with Crippen LogP contribution in [0.5, 0.6) is 0 Å². The monoisotopic (exact) mass is 215 g/mol. The van der Waals surface area contributed by atoms with Gasteiger partial charge in [0.05, 0.1) is 6.61 Å². The lowest BCUT2D eigenvalue weighted by Crippen LogP contribution is -2.15. The Kier molecular flexibility index (Phi) is 8.38. The van der Waals surface area contributed by atoms with Crippen LogP contribution in [0.2, 0.25) is 0 Å². The number of esters is 1. The van der Waals surface area contributed by atoms with E-state index < -0.39 is 0 Å². The molecule has 15 heavy (non-hydrogen) atoms. The number of ether oxygens (including phenoxy) is 1. The fourth-order valence-electron chi connectivity index (χ4n) is 1.37. The van der Waals surface area contributed by atoms with Crippen molar-refractivity contribution >= 4 is 5.97 Å². The van der Waals surface area contributed by atoms with Crippen molar-refractivity contribution in [2.75, 3.05) is 13.2 Å². The topological polar surface area (TPSA) is 52.3 Å². The van der Waals surface area contributed by atoms with E-state index in [-0.39, 0.29) is 5.97 Å². The van der Waals surface area contributed by atoms with Crippen molar-refractivity contribution in [1.82, 2.24) is 0 Å². The predicted octanol–water partition coefficient (Wildman–Crippen LogP) is 2.34. The number of hydrogen-bond acceptors (Lipinski definition) is 3. The van der Waals surface area contributed by atoms with Crippen LogP contribution in [0.3, 0.4) is 0 Å². The standard InChI is InChI=1S/C12H25NO2/c1-4-5-11(3)9-15-12(14)7-6-10(2)8-13/h10-11H,4-9,13H2,1-3H3. The second-order valence-corrected chi connectivity index (χ2v) is 4.46. The number of hydrogen-bond donors (Lipinski definition) is 1. The minimum Gasteiger partial charge on any atom is -0.465 e. The molecule has 0 heterocycles. The van der Waals surface area contributed by atoms with Crippen molar-refractivity contribution in [3.8, 4) is 0 Å². The van der Waals surface area contributed by atoms with E-state index >= 15 is 0 Å². The van der Waals surface area contributed by atoms with E-state index in [1.54, 1.807) is 0 Å². The van der Waals surface area contributed by atoms with Crippen LogP contribution in [0, 0.1) is 11.8 Å². The maximum Gasteiger partial charge on any atom is 0.305 e. The average molecular weight is 215 g/mol. The van der Waals surface area contributed by atoms with Crippen LogP contribution in [0.1, 0.15) is 46.5 Å². The van der Waals surface area contributed by atoms with Crippen molar-refractivity contribution in [3.63, 3.8) is 0 Å². The molecule has 0 amide bonds. The first-order valence-electron chi connectivity index (χ1n) is 5.95. The third-order valence-electron chi connectivity index (χ3n) is 2.55. The summed E-state index contributed by atoms with van der Waals surface area (Å²) in [5, 5.41) is 0. The molecule has 0 aromatic heterocycles. The van der Waals surface area contributed by atoms with Crippen molar-refractivity contribution < 1.29 is 9.53 Å². The van der Waals surface area contributed by atoms with Crippen LogP contribution < -0.4 is 5.73 Å². The molecule has 3 nitrogen and oxygen atoms in total. The van der Waals surface area contributed by atoms with Crippen LogP contribution in [-0.2, 0) is 9.53 Å². The van der Waals surface area contributed by atoms with Gasteiger partial charge in [0.2, 0.25) is 0 Å². The van der Waals surface area contributed by atoms with Crippen LogP contribution in [0.4, 0.5) is 0 Å². The summed E-state index contributed by atoms with van der Waals surface area (Å²) in [6.07, 6.45) is 3.59. The number of nitrogens with two attached hydrogens (primary N) is 1. The molecular formula is C12H25NO2. The van der Waals surface area contributed by atoms with Crippen molar-refractivity contribution in [1.29, 1.82) is 0 Å². The third-order valence-corrected chi connectivity index (χ3v) is 2.55. The zero-order valence-corrected chi connectivity index (χ0v) is 10.3. The van der Waals surface area contributed by atoms with Gasteiger partial charge < -0.3 is 10.5 Å². The maximum absolute atomic E-state index is 11.3. The molecule has 90 valence electrons. The van der Waals surface area contributed by atoms with Gasteiger partial charge in [0, 0.05) is 6.42 Å².